The Morgan fingerprint density at radius 1 is 1.08 bits per heavy atom. The summed E-state index contributed by atoms with van der Waals surface area (Å²) in [6.07, 6.45) is 5.11. The Morgan fingerprint density at radius 2 is 1.88 bits per heavy atom. The van der Waals surface area contributed by atoms with Crippen molar-refractivity contribution >= 4 is 5.82 Å². The van der Waals surface area contributed by atoms with Crippen molar-refractivity contribution in [2.75, 3.05) is 37.6 Å². The molecule has 1 fully saturated rings. The van der Waals surface area contributed by atoms with Crippen LogP contribution in [0.5, 0.6) is 5.88 Å². The van der Waals surface area contributed by atoms with Crippen LogP contribution < -0.4 is 9.64 Å². The van der Waals surface area contributed by atoms with Gasteiger partial charge in [-0.2, -0.15) is 10.2 Å². The highest BCUT2D eigenvalue weighted by molar-refractivity contribution is 5.41. The minimum atomic E-state index is 0.492. The molecule has 6 nitrogen and oxygen atoms in total. The molecule has 1 saturated heterocycles. The summed E-state index contributed by atoms with van der Waals surface area (Å²) in [5, 5.41) is 8.63. The third kappa shape index (κ3) is 5.16. The van der Waals surface area contributed by atoms with Gasteiger partial charge < -0.3 is 9.64 Å². The van der Waals surface area contributed by atoms with E-state index in [4.69, 9.17) is 10.00 Å². The first kappa shape index (κ1) is 17.2. The molecule has 130 valence electrons. The van der Waals surface area contributed by atoms with Crippen LogP contribution in [0.15, 0.2) is 42.7 Å². The molecule has 1 aliphatic heterocycles. The van der Waals surface area contributed by atoms with Crippen LogP contribution in [-0.4, -0.2) is 47.6 Å². The topological polar surface area (TPSA) is 65.3 Å². The second-order valence-corrected chi connectivity index (χ2v) is 6.07. The normalized spacial score (nSPS) is 14.9. The highest BCUT2D eigenvalue weighted by atomic mass is 16.5. The lowest BCUT2D eigenvalue weighted by molar-refractivity contribution is 0.254. The van der Waals surface area contributed by atoms with Crippen LogP contribution in [0.2, 0.25) is 0 Å². The zero-order chi connectivity index (χ0) is 17.3. The summed E-state index contributed by atoms with van der Waals surface area (Å²) in [7, 11) is 0. The molecule has 0 saturated carbocycles. The Kier molecular flexibility index (Phi) is 6.18. The van der Waals surface area contributed by atoms with E-state index in [1.54, 1.807) is 12.4 Å². The van der Waals surface area contributed by atoms with Gasteiger partial charge in [0.25, 0.3) is 0 Å². The minimum Gasteiger partial charge on any atom is -0.473 e. The third-order valence-corrected chi connectivity index (χ3v) is 4.30. The molecule has 0 atom stereocenters. The maximum Gasteiger partial charge on any atom is 0.215 e. The highest BCUT2D eigenvalue weighted by Gasteiger charge is 2.17. The van der Waals surface area contributed by atoms with Gasteiger partial charge in [0.1, 0.15) is 12.4 Å². The molecule has 1 aliphatic rings. The van der Waals surface area contributed by atoms with Crippen LogP contribution >= 0.6 is 0 Å². The summed E-state index contributed by atoms with van der Waals surface area (Å²) in [5.41, 5.74) is 1.08. The summed E-state index contributed by atoms with van der Waals surface area (Å²) in [6.45, 7) is 5.42. The number of hydrogen-bond acceptors (Lipinski definition) is 6. The number of pyridine rings is 2. The number of anilines is 1. The predicted octanol–water partition coefficient (Wildman–Crippen LogP) is 2.48. The first-order valence-electron chi connectivity index (χ1n) is 8.68. The second-order valence-electron chi connectivity index (χ2n) is 6.07. The molecule has 0 bridgehead atoms. The molecule has 3 rings (SSSR count). The van der Waals surface area contributed by atoms with Crippen molar-refractivity contribution < 1.29 is 4.74 Å². The van der Waals surface area contributed by atoms with Crippen molar-refractivity contribution in [3.63, 3.8) is 0 Å². The van der Waals surface area contributed by atoms with Crippen molar-refractivity contribution in [1.29, 1.82) is 5.26 Å². The zero-order valence-electron chi connectivity index (χ0n) is 14.3. The Morgan fingerprint density at radius 3 is 2.64 bits per heavy atom. The van der Waals surface area contributed by atoms with Gasteiger partial charge in [0.15, 0.2) is 0 Å². The number of aromatic nitrogens is 2. The van der Waals surface area contributed by atoms with E-state index in [0.29, 0.717) is 18.9 Å². The highest BCUT2D eigenvalue weighted by Crippen LogP contribution is 2.18. The molecule has 3 heterocycles. The summed E-state index contributed by atoms with van der Waals surface area (Å²) in [5.74, 6) is 1.61. The monoisotopic (exact) mass is 337 g/mol. The van der Waals surface area contributed by atoms with E-state index in [1.165, 1.54) is 0 Å². The molecule has 0 unspecified atom stereocenters. The number of piperazine rings is 1. The third-order valence-electron chi connectivity index (χ3n) is 4.30. The molecule has 0 amide bonds. The standard InChI is InChI=1S/C19H23N5O/c20-8-1-2-11-23-12-14-24(15-13-23)18-4-3-5-19(22-18)25-16-17-6-9-21-10-7-17/h3-7,9-10H,1-2,11-16H2. The van der Waals surface area contributed by atoms with Crippen LogP contribution in [-0.2, 0) is 6.61 Å². The average molecular weight is 337 g/mol. The van der Waals surface area contributed by atoms with Crippen LogP contribution in [0.25, 0.3) is 0 Å². The maximum absolute atomic E-state index is 8.63. The van der Waals surface area contributed by atoms with Gasteiger partial charge in [-0.1, -0.05) is 6.07 Å². The van der Waals surface area contributed by atoms with E-state index in [1.807, 2.05) is 30.3 Å². The first-order chi connectivity index (χ1) is 12.3. The lowest BCUT2D eigenvalue weighted by Crippen LogP contribution is -2.46. The Bertz CT molecular complexity index is 692. The predicted molar refractivity (Wildman–Crippen MR) is 96.3 cm³/mol. The molecular formula is C19H23N5O. The molecule has 2 aromatic heterocycles. The van der Waals surface area contributed by atoms with Crippen LogP contribution in [0.3, 0.4) is 0 Å². The van der Waals surface area contributed by atoms with Crippen LogP contribution in [0, 0.1) is 11.3 Å². The number of rotatable bonds is 7. The quantitative estimate of drug-likeness (QED) is 0.723. The van der Waals surface area contributed by atoms with Gasteiger partial charge in [-0.05, 0) is 36.7 Å². The first-order valence-corrected chi connectivity index (χ1v) is 8.68. The number of hydrogen-bond donors (Lipinski definition) is 0. The number of unbranched alkanes of at least 4 members (excludes halogenated alkanes) is 1. The van der Waals surface area contributed by atoms with Crippen LogP contribution in [0.1, 0.15) is 18.4 Å². The van der Waals surface area contributed by atoms with Gasteiger partial charge in [0, 0.05) is 51.1 Å². The number of nitrogens with zero attached hydrogens (tertiary/aromatic N) is 5. The van der Waals surface area contributed by atoms with E-state index >= 15 is 0 Å². The van der Waals surface area contributed by atoms with Crippen molar-refractivity contribution in [2.24, 2.45) is 0 Å². The van der Waals surface area contributed by atoms with Gasteiger partial charge in [-0.25, -0.2) is 0 Å². The zero-order valence-corrected chi connectivity index (χ0v) is 14.3. The van der Waals surface area contributed by atoms with Gasteiger partial charge in [-0.3, -0.25) is 9.88 Å². The van der Waals surface area contributed by atoms with Crippen molar-refractivity contribution in [3.8, 4) is 11.9 Å². The number of ether oxygens (including phenoxy) is 1. The molecule has 0 aromatic carbocycles. The summed E-state index contributed by atoms with van der Waals surface area (Å²) in [6, 6.07) is 12.0. The molecular weight excluding hydrogens is 314 g/mol. The molecule has 0 N–H and O–H groups in total. The second kappa shape index (κ2) is 9.00. The molecule has 0 aliphatic carbocycles. The summed E-state index contributed by atoms with van der Waals surface area (Å²) in [4.78, 5) is 13.4. The van der Waals surface area contributed by atoms with E-state index < -0.39 is 0 Å². The smallest absolute Gasteiger partial charge is 0.215 e. The Labute approximate surface area is 148 Å². The van der Waals surface area contributed by atoms with Gasteiger partial charge >= 0.3 is 0 Å². The number of nitriles is 1. The average Bonchev–Trinajstić information content (AvgIpc) is 2.68. The van der Waals surface area contributed by atoms with Gasteiger partial charge in [0.05, 0.1) is 6.07 Å². The summed E-state index contributed by atoms with van der Waals surface area (Å²) >= 11 is 0. The fourth-order valence-electron chi connectivity index (χ4n) is 2.88. The molecule has 0 radical (unpaired) electrons. The largest absolute Gasteiger partial charge is 0.473 e. The van der Waals surface area contributed by atoms with Crippen molar-refractivity contribution in [1.82, 2.24) is 14.9 Å². The lowest BCUT2D eigenvalue weighted by atomic mass is 10.2. The van der Waals surface area contributed by atoms with Crippen molar-refractivity contribution in [2.45, 2.75) is 19.4 Å². The van der Waals surface area contributed by atoms with Gasteiger partial charge in [-0.15, -0.1) is 0 Å². The molecule has 2 aromatic rings. The molecule has 6 heteroatoms. The minimum absolute atomic E-state index is 0.492. The Balaban J connectivity index is 1.51. The van der Waals surface area contributed by atoms with E-state index in [0.717, 1.165) is 50.5 Å². The SMILES string of the molecule is N#CCCCN1CCN(c2cccc(OCc3ccncc3)n2)CC1. The van der Waals surface area contributed by atoms with E-state index in [-0.39, 0.29) is 0 Å². The fraction of sp³-hybridized carbons (Fsp3) is 0.421. The van der Waals surface area contributed by atoms with E-state index in [9.17, 15) is 0 Å². The Hall–Kier alpha value is -2.65. The van der Waals surface area contributed by atoms with E-state index in [2.05, 4.69) is 25.8 Å². The van der Waals surface area contributed by atoms with Crippen LogP contribution in [0.4, 0.5) is 5.82 Å². The van der Waals surface area contributed by atoms with Crippen molar-refractivity contribution in [3.05, 3.63) is 48.3 Å². The lowest BCUT2D eigenvalue weighted by Gasteiger charge is -2.35. The molecule has 25 heavy (non-hydrogen) atoms. The maximum atomic E-state index is 8.63. The molecule has 0 spiro atoms. The van der Waals surface area contributed by atoms with Gasteiger partial charge in [0.2, 0.25) is 5.88 Å². The summed E-state index contributed by atoms with van der Waals surface area (Å²) < 4.78 is 5.80. The fourth-order valence-corrected chi connectivity index (χ4v) is 2.88.